The van der Waals surface area contributed by atoms with E-state index in [4.69, 9.17) is 5.11 Å². The van der Waals surface area contributed by atoms with Crippen molar-refractivity contribution in [3.8, 4) is 11.1 Å². The van der Waals surface area contributed by atoms with Gasteiger partial charge in [-0.15, -0.1) is 0 Å². The number of aliphatic hydroxyl groups is 1. The van der Waals surface area contributed by atoms with Crippen LogP contribution in [0.4, 0.5) is 13.2 Å². The van der Waals surface area contributed by atoms with Crippen molar-refractivity contribution in [3.05, 3.63) is 59.7 Å². The van der Waals surface area contributed by atoms with E-state index >= 15 is 0 Å². The zero-order valence-corrected chi connectivity index (χ0v) is 13.1. The number of alkyl halides is 3. The maximum Gasteiger partial charge on any atom is 0.416 e. The Morgan fingerprint density at radius 3 is 2.33 bits per heavy atom. The molecule has 6 heteroatoms. The number of carbonyl (C=O) groups excluding carboxylic acids is 1. The highest BCUT2D eigenvalue weighted by Gasteiger charge is 2.30. The van der Waals surface area contributed by atoms with E-state index in [1.807, 2.05) is 0 Å². The maximum absolute atomic E-state index is 12.7. The van der Waals surface area contributed by atoms with Crippen molar-refractivity contribution in [1.29, 1.82) is 0 Å². The molecule has 24 heavy (non-hydrogen) atoms. The zero-order valence-electron chi connectivity index (χ0n) is 13.1. The van der Waals surface area contributed by atoms with Gasteiger partial charge in [0.15, 0.2) is 0 Å². The Balaban J connectivity index is 2.27. The highest BCUT2D eigenvalue weighted by atomic mass is 19.4. The molecule has 1 atom stereocenters. The van der Waals surface area contributed by atoms with Crippen LogP contribution in [0.1, 0.15) is 22.8 Å². The van der Waals surface area contributed by atoms with E-state index < -0.39 is 11.7 Å². The molecule has 0 saturated carbocycles. The van der Waals surface area contributed by atoms with Crippen molar-refractivity contribution in [2.45, 2.75) is 13.1 Å². The molecule has 0 aliphatic rings. The van der Waals surface area contributed by atoms with Gasteiger partial charge in [-0.25, -0.2) is 0 Å². The first kappa shape index (κ1) is 18.0. The average molecular weight is 337 g/mol. The van der Waals surface area contributed by atoms with Crippen molar-refractivity contribution < 1.29 is 23.1 Å². The van der Waals surface area contributed by atoms with E-state index in [9.17, 15) is 18.0 Å². The molecule has 2 rings (SSSR count). The first-order chi connectivity index (χ1) is 11.3. The Kier molecular flexibility index (Phi) is 5.62. The minimum atomic E-state index is -4.39. The molecule has 2 N–H and O–H groups in total. The van der Waals surface area contributed by atoms with Crippen LogP contribution in [0.3, 0.4) is 0 Å². The molecule has 0 fully saturated rings. The minimum absolute atomic E-state index is 0.0408. The van der Waals surface area contributed by atoms with Crippen molar-refractivity contribution >= 4 is 5.91 Å². The van der Waals surface area contributed by atoms with E-state index in [0.717, 1.165) is 12.1 Å². The Hall–Kier alpha value is -2.34. The molecule has 0 saturated heterocycles. The van der Waals surface area contributed by atoms with Crippen LogP contribution >= 0.6 is 0 Å². The lowest BCUT2D eigenvalue weighted by Gasteiger charge is -2.13. The standard InChI is InChI=1S/C18H18F3NO2/c1-12(11-23)10-22-17(24)16-5-3-2-4-15(16)13-6-8-14(9-7-13)18(19,20)21/h2-9,12,23H,10-11H2,1H3,(H,22,24). The number of carbonyl (C=O) groups is 1. The van der Waals surface area contributed by atoms with Crippen molar-refractivity contribution in [2.75, 3.05) is 13.2 Å². The second-order valence-electron chi connectivity index (χ2n) is 5.62. The second kappa shape index (κ2) is 7.49. The third-order valence-electron chi connectivity index (χ3n) is 3.62. The van der Waals surface area contributed by atoms with E-state index in [0.29, 0.717) is 23.2 Å². The minimum Gasteiger partial charge on any atom is -0.396 e. The molecule has 0 aliphatic carbocycles. The summed E-state index contributed by atoms with van der Waals surface area (Å²) in [6.45, 7) is 2.07. The molecular weight excluding hydrogens is 319 g/mol. The average Bonchev–Trinajstić information content (AvgIpc) is 2.58. The van der Waals surface area contributed by atoms with Crippen LogP contribution in [0.2, 0.25) is 0 Å². The Morgan fingerprint density at radius 1 is 1.12 bits per heavy atom. The van der Waals surface area contributed by atoms with Gasteiger partial charge in [0.2, 0.25) is 0 Å². The van der Waals surface area contributed by atoms with E-state index in [-0.39, 0.29) is 18.4 Å². The number of halogens is 3. The van der Waals surface area contributed by atoms with Crippen LogP contribution in [-0.4, -0.2) is 24.2 Å². The highest BCUT2D eigenvalue weighted by Crippen LogP contribution is 2.31. The highest BCUT2D eigenvalue weighted by molar-refractivity contribution is 6.00. The van der Waals surface area contributed by atoms with Crippen LogP contribution in [0.5, 0.6) is 0 Å². The number of amides is 1. The fraction of sp³-hybridized carbons (Fsp3) is 0.278. The molecule has 0 spiro atoms. The van der Waals surface area contributed by atoms with Crippen LogP contribution in [-0.2, 0) is 6.18 Å². The van der Waals surface area contributed by atoms with Gasteiger partial charge in [-0.05, 0) is 35.2 Å². The molecule has 3 nitrogen and oxygen atoms in total. The largest absolute Gasteiger partial charge is 0.416 e. The predicted octanol–water partition coefficient (Wildman–Crippen LogP) is 3.73. The third kappa shape index (κ3) is 4.35. The number of nitrogens with one attached hydrogen (secondary N) is 1. The fourth-order valence-corrected chi connectivity index (χ4v) is 2.20. The van der Waals surface area contributed by atoms with E-state index in [2.05, 4.69) is 5.32 Å². The SMILES string of the molecule is CC(CO)CNC(=O)c1ccccc1-c1ccc(C(F)(F)F)cc1. The molecule has 1 amide bonds. The molecule has 2 aromatic carbocycles. The fourth-order valence-electron chi connectivity index (χ4n) is 2.20. The summed E-state index contributed by atoms with van der Waals surface area (Å²) in [6, 6.07) is 11.4. The molecule has 0 bridgehead atoms. The van der Waals surface area contributed by atoms with Crippen LogP contribution in [0.25, 0.3) is 11.1 Å². The lowest BCUT2D eigenvalue weighted by atomic mass is 9.98. The first-order valence-corrected chi connectivity index (χ1v) is 7.48. The van der Waals surface area contributed by atoms with E-state index in [1.165, 1.54) is 12.1 Å². The van der Waals surface area contributed by atoms with Crippen molar-refractivity contribution in [3.63, 3.8) is 0 Å². The van der Waals surface area contributed by atoms with Crippen LogP contribution < -0.4 is 5.32 Å². The van der Waals surface area contributed by atoms with Gasteiger partial charge in [0.1, 0.15) is 0 Å². The summed E-state index contributed by atoms with van der Waals surface area (Å²) >= 11 is 0. The van der Waals surface area contributed by atoms with Crippen LogP contribution in [0.15, 0.2) is 48.5 Å². The third-order valence-corrected chi connectivity index (χ3v) is 3.62. The summed E-state index contributed by atoms with van der Waals surface area (Å²) in [5, 5.41) is 11.7. The first-order valence-electron chi connectivity index (χ1n) is 7.48. The molecule has 0 aromatic heterocycles. The number of hydrogen-bond donors (Lipinski definition) is 2. The summed E-state index contributed by atoms with van der Waals surface area (Å²) in [6.07, 6.45) is -4.39. The van der Waals surface area contributed by atoms with Gasteiger partial charge >= 0.3 is 6.18 Å². The number of benzene rings is 2. The molecule has 0 aliphatic heterocycles. The summed E-state index contributed by atoms with van der Waals surface area (Å²) < 4.78 is 38.0. The molecule has 128 valence electrons. The van der Waals surface area contributed by atoms with Gasteiger partial charge in [-0.1, -0.05) is 37.3 Å². The lowest BCUT2D eigenvalue weighted by molar-refractivity contribution is -0.137. The zero-order chi connectivity index (χ0) is 17.7. The van der Waals surface area contributed by atoms with Crippen LogP contribution in [0, 0.1) is 5.92 Å². The monoisotopic (exact) mass is 337 g/mol. The molecule has 2 aromatic rings. The summed E-state index contributed by atoms with van der Waals surface area (Å²) in [4.78, 5) is 12.3. The molecule has 0 radical (unpaired) electrons. The number of hydrogen-bond acceptors (Lipinski definition) is 2. The second-order valence-corrected chi connectivity index (χ2v) is 5.62. The number of aliphatic hydroxyl groups excluding tert-OH is 1. The molecular formula is C18H18F3NO2. The van der Waals surface area contributed by atoms with Gasteiger partial charge in [0.05, 0.1) is 5.56 Å². The van der Waals surface area contributed by atoms with Gasteiger partial charge in [0, 0.05) is 18.7 Å². The van der Waals surface area contributed by atoms with E-state index in [1.54, 1.807) is 31.2 Å². The Labute approximate surface area is 138 Å². The topological polar surface area (TPSA) is 49.3 Å². The normalized spacial score (nSPS) is 12.7. The quantitative estimate of drug-likeness (QED) is 0.873. The summed E-state index contributed by atoms with van der Waals surface area (Å²) in [7, 11) is 0. The number of rotatable bonds is 5. The van der Waals surface area contributed by atoms with Gasteiger partial charge < -0.3 is 10.4 Å². The smallest absolute Gasteiger partial charge is 0.396 e. The maximum atomic E-state index is 12.7. The van der Waals surface area contributed by atoms with Crippen molar-refractivity contribution in [2.24, 2.45) is 5.92 Å². The van der Waals surface area contributed by atoms with Gasteiger partial charge in [-0.3, -0.25) is 4.79 Å². The Morgan fingerprint density at radius 2 is 1.75 bits per heavy atom. The van der Waals surface area contributed by atoms with Gasteiger partial charge in [0.25, 0.3) is 5.91 Å². The summed E-state index contributed by atoms with van der Waals surface area (Å²) in [5.74, 6) is -0.405. The Bertz CT molecular complexity index is 696. The predicted molar refractivity (Wildman–Crippen MR) is 85.5 cm³/mol. The lowest BCUT2D eigenvalue weighted by Crippen LogP contribution is -2.29. The molecule has 0 heterocycles. The summed E-state index contributed by atoms with van der Waals surface area (Å²) in [5.41, 5.74) is 0.733. The molecule has 1 unspecified atom stereocenters. The van der Waals surface area contributed by atoms with Crippen molar-refractivity contribution in [1.82, 2.24) is 5.32 Å². The van der Waals surface area contributed by atoms with Gasteiger partial charge in [-0.2, -0.15) is 13.2 Å².